The normalized spacial score (nSPS) is 12.9. The van der Waals surface area contributed by atoms with Crippen molar-refractivity contribution >= 4 is 27.5 Å². The van der Waals surface area contributed by atoms with E-state index in [0.717, 1.165) is 0 Å². The molecule has 1 heterocycles. The van der Waals surface area contributed by atoms with Gasteiger partial charge in [-0.2, -0.15) is 4.31 Å². The van der Waals surface area contributed by atoms with E-state index in [1.165, 1.54) is 41.7 Å². The van der Waals surface area contributed by atoms with Crippen LogP contribution in [0.1, 0.15) is 41.6 Å². The summed E-state index contributed by atoms with van der Waals surface area (Å²) < 4.78 is 42.1. The van der Waals surface area contributed by atoms with Crippen LogP contribution in [0.4, 0.5) is 4.39 Å². The predicted octanol–water partition coefficient (Wildman–Crippen LogP) is 3.76. The first-order chi connectivity index (χ1) is 15.0. The van der Waals surface area contributed by atoms with Crippen LogP contribution in [0.3, 0.4) is 0 Å². The number of amides is 1. The highest BCUT2D eigenvalue weighted by Gasteiger charge is 2.27. The van der Waals surface area contributed by atoms with Gasteiger partial charge in [-0.1, -0.05) is 23.7 Å². The lowest BCUT2D eigenvalue weighted by molar-refractivity contribution is 0.0941. The first-order valence-corrected chi connectivity index (χ1v) is 11.6. The van der Waals surface area contributed by atoms with Gasteiger partial charge in [0.1, 0.15) is 17.7 Å². The van der Waals surface area contributed by atoms with Crippen LogP contribution in [0.15, 0.2) is 59.8 Å². The molecule has 3 rings (SSSR count). The number of hydrogen-bond acceptors (Lipinski definition) is 4. The smallest absolute Gasteiger partial charge is 0.253 e. The topological polar surface area (TPSA) is 84.3 Å². The van der Waals surface area contributed by atoms with Crippen LogP contribution in [0.5, 0.6) is 0 Å². The number of aryl methyl sites for hydroxylation is 1. The molecule has 1 unspecified atom stereocenters. The second-order valence-corrected chi connectivity index (χ2v) is 10.0. The van der Waals surface area contributed by atoms with E-state index in [1.54, 1.807) is 50.0 Å². The Morgan fingerprint density at radius 1 is 1.19 bits per heavy atom. The summed E-state index contributed by atoms with van der Waals surface area (Å²) in [5, 5.41) is 2.95. The number of benzene rings is 2. The molecule has 3 aromatic rings. The molecule has 1 amide bonds. The van der Waals surface area contributed by atoms with Crippen LogP contribution in [-0.2, 0) is 17.1 Å². The SMILES string of the molecule is CC(C)N(C)S(=O)(=O)c1ccc(Cl)c(C(=O)NC(c2ccc(F)cc2)c2nccn2C)c1. The van der Waals surface area contributed by atoms with Crippen LogP contribution in [-0.4, -0.2) is 41.3 Å². The van der Waals surface area contributed by atoms with Crippen LogP contribution in [0, 0.1) is 5.82 Å². The molecule has 0 radical (unpaired) electrons. The first-order valence-electron chi connectivity index (χ1n) is 9.83. The van der Waals surface area contributed by atoms with Crippen LogP contribution < -0.4 is 5.32 Å². The lowest BCUT2D eigenvalue weighted by Crippen LogP contribution is -2.34. The van der Waals surface area contributed by atoms with Crippen LogP contribution >= 0.6 is 11.6 Å². The lowest BCUT2D eigenvalue weighted by Gasteiger charge is -2.22. The molecule has 2 aromatic carbocycles. The van der Waals surface area contributed by atoms with Crippen molar-refractivity contribution in [3.05, 3.63) is 82.6 Å². The second-order valence-electron chi connectivity index (χ2n) is 7.61. The highest BCUT2D eigenvalue weighted by molar-refractivity contribution is 7.89. The minimum Gasteiger partial charge on any atom is -0.338 e. The van der Waals surface area contributed by atoms with Gasteiger partial charge >= 0.3 is 0 Å². The molecule has 0 saturated carbocycles. The van der Waals surface area contributed by atoms with E-state index in [2.05, 4.69) is 10.3 Å². The summed E-state index contributed by atoms with van der Waals surface area (Å²) in [4.78, 5) is 17.4. The van der Waals surface area contributed by atoms with Crippen molar-refractivity contribution < 1.29 is 17.6 Å². The third-order valence-corrected chi connectivity index (χ3v) is 7.54. The van der Waals surface area contributed by atoms with Crippen molar-refractivity contribution in [2.45, 2.75) is 30.8 Å². The Bertz CT molecular complexity index is 1230. The quantitative estimate of drug-likeness (QED) is 0.560. The fourth-order valence-electron chi connectivity index (χ4n) is 3.10. The number of nitrogens with zero attached hydrogens (tertiary/aromatic N) is 3. The van der Waals surface area contributed by atoms with E-state index in [1.807, 2.05) is 0 Å². The Balaban J connectivity index is 2.00. The Morgan fingerprint density at radius 2 is 1.84 bits per heavy atom. The van der Waals surface area contributed by atoms with Crippen molar-refractivity contribution in [3.63, 3.8) is 0 Å². The minimum absolute atomic E-state index is 0.00576. The molecule has 1 atom stereocenters. The Kier molecular flexibility index (Phi) is 7.02. The van der Waals surface area contributed by atoms with Crippen molar-refractivity contribution in [1.29, 1.82) is 0 Å². The number of rotatable bonds is 7. The third kappa shape index (κ3) is 4.85. The number of halogens is 2. The number of aromatic nitrogens is 2. The van der Waals surface area contributed by atoms with Crippen LogP contribution in [0.25, 0.3) is 0 Å². The fraction of sp³-hybridized carbons (Fsp3) is 0.273. The van der Waals surface area contributed by atoms with Gasteiger partial charge < -0.3 is 9.88 Å². The fourth-order valence-corrected chi connectivity index (χ4v) is 4.70. The first kappa shape index (κ1) is 23.9. The van der Waals surface area contributed by atoms with Crippen molar-refractivity contribution in [2.75, 3.05) is 7.05 Å². The molecule has 1 N–H and O–H groups in total. The van der Waals surface area contributed by atoms with Gasteiger partial charge in [0.2, 0.25) is 10.0 Å². The maximum absolute atomic E-state index is 13.4. The zero-order chi connectivity index (χ0) is 23.6. The number of imidazole rings is 1. The zero-order valence-electron chi connectivity index (χ0n) is 18.1. The summed E-state index contributed by atoms with van der Waals surface area (Å²) in [5.41, 5.74) is 0.611. The monoisotopic (exact) mass is 478 g/mol. The number of hydrogen-bond donors (Lipinski definition) is 1. The summed E-state index contributed by atoms with van der Waals surface area (Å²) >= 11 is 6.25. The number of carbonyl (C=O) groups excluding carboxylic acids is 1. The van der Waals surface area contributed by atoms with Gasteiger partial charge in [-0.15, -0.1) is 0 Å². The molecule has 1 aromatic heterocycles. The highest BCUT2D eigenvalue weighted by atomic mass is 35.5. The summed E-state index contributed by atoms with van der Waals surface area (Å²) in [6.07, 6.45) is 3.31. The Morgan fingerprint density at radius 3 is 2.41 bits per heavy atom. The molecular weight excluding hydrogens is 455 g/mol. The molecular formula is C22H24ClFN4O3S. The van der Waals surface area contributed by atoms with Crippen LogP contribution in [0.2, 0.25) is 5.02 Å². The van der Waals surface area contributed by atoms with Gasteiger partial charge in [0.15, 0.2) is 0 Å². The molecule has 7 nitrogen and oxygen atoms in total. The summed E-state index contributed by atoms with van der Waals surface area (Å²) in [7, 11) is -0.567. The largest absolute Gasteiger partial charge is 0.338 e. The van der Waals surface area contributed by atoms with E-state index < -0.39 is 27.8 Å². The second kappa shape index (κ2) is 9.40. The van der Waals surface area contributed by atoms with E-state index in [4.69, 9.17) is 11.6 Å². The van der Waals surface area contributed by atoms with Gasteiger partial charge in [0.05, 0.1) is 15.5 Å². The van der Waals surface area contributed by atoms with Crippen molar-refractivity contribution in [3.8, 4) is 0 Å². The molecule has 0 aliphatic rings. The van der Waals surface area contributed by atoms with Gasteiger partial charge in [0.25, 0.3) is 5.91 Å². The zero-order valence-corrected chi connectivity index (χ0v) is 19.7. The molecule has 0 spiro atoms. The Hall–Kier alpha value is -2.75. The standard InChI is InChI=1S/C22H24ClFN4O3S/c1-14(2)28(4)32(30,31)17-9-10-19(23)18(13-17)22(29)26-20(21-25-11-12-27(21)3)15-5-7-16(24)8-6-15/h5-14,20H,1-4H3,(H,26,29). The minimum atomic E-state index is -3.81. The molecule has 0 aliphatic heterocycles. The summed E-state index contributed by atoms with van der Waals surface area (Å²) in [6, 6.07) is 8.71. The number of sulfonamides is 1. The summed E-state index contributed by atoms with van der Waals surface area (Å²) in [6.45, 7) is 3.50. The number of carbonyl (C=O) groups is 1. The van der Waals surface area contributed by atoms with Gasteiger partial charge in [-0.25, -0.2) is 17.8 Å². The van der Waals surface area contributed by atoms with Gasteiger partial charge in [-0.05, 0) is 49.7 Å². The highest BCUT2D eigenvalue weighted by Crippen LogP contribution is 2.26. The molecule has 0 fully saturated rings. The van der Waals surface area contributed by atoms with Crippen molar-refractivity contribution in [2.24, 2.45) is 7.05 Å². The third-order valence-electron chi connectivity index (χ3n) is 5.18. The average molecular weight is 479 g/mol. The lowest BCUT2D eigenvalue weighted by atomic mass is 10.1. The van der Waals surface area contributed by atoms with E-state index in [0.29, 0.717) is 11.4 Å². The van der Waals surface area contributed by atoms with Gasteiger partial charge in [0, 0.05) is 32.5 Å². The van der Waals surface area contributed by atoms with Crippen molar-refractivity contribution in [1.82, 2.24) is 19.2 Å². The molecule has 0 aliphatic carbocycles. The molecule has 0 bridgehead atoms. The van der Waals surface area contributed by atoms with Gasteiger partial charge in [-0.3, -0.25) is 4.79 Å². The predicted molar refractivity (Wildman–Crippen MR) is 120 cm³/mol. The number of nitrogens with one attached hydrogen (secondary N) is 1. The molecule has 10 heteroatoms. The van der Waals surface area contributed by atoms with E-state index >= 15 is 0 Å². The molecule has 32 heavy (non-hydrogen) atoms. The maximum atomic E-state index is 13.4. The average Bonchev–Trinajstić information content (AvgIpc) is 3.17. The molecule has 170 valence electrons. The van der Waals surface area contributed by atoms with E-state index in [-0.39, 0.29) is 21.5 Å². The Labute approximate surface area is 191 Å². The maximum Gasteiger partial charge on any atom is 0.253 e. The van der Waals surface area contributed by atoms with E-state index in [9.17, 15) is 17.6 Å². The molecule has 0 saturated heterocycles. The summed E-state index contributed by atoms with van der Waals surface area (Å²) in [5.74, 6) is -0.477.